The summed E-state index contributed by atoms with van der Waals surface area (Å²) >= 11 is 0. The molecule has 72 valence electrons. The van der Waals surface area contributed by atoms with Crippen molar-refractivity contribution >= 4 is 0 Å². The van der Waals surface area contributed by atoms with Gasteiger partial charge < -0.3 is 5.11 Å². The number of aliphatic hydroxyl groups is 1. The van der Waals surface area contributed by atoms with Gasteiger partial charge in [-0.25, -0.2) is 0 Å². The SMILES string of the molecule is CCCCCCC/C=C\C(C)O. The zero-order valence-corrected chi connectivity index (χ0v) is 8.42. The van der Waals surface area contributed by atoms with E-state index in [1.54, 1.807) is 6.92 Å². The fourth-order valence-corrected chi connectivity index (χ4v) is 1.16. The number of unbranched alkanes of at least 4 members (excludes halogenated alkanes) is 5. The van der Waals surface area contributed by atoms with E-state index < -0.39 is 0 Å². The molecule has 0 aromatic carbocycles. The summed E-state index contributed by atoms with van der Waals surface area (Å²) in [4.78, 5) is 0. The minimum absolute atomic E-state index is 0.277. The van der Waals surface area contributed by atoms with Crippen molar-refractivity contribution in [3.63, 3.8) is 0 Å². The molecule has 0 aromatic heterocycles. The van der Waals surface area contributed by atoms with E-state index in [1.165, 1.54) is 32.1 Å². The van der Waals surface area contributed by atoms with E-state index >= 15 is 0 Å². The van der Waals surface area contributed by atoms with Crippen LogP contribution in [0, 0.1) is 0 Å². The molecular formula is C11H22O. The lowest BCUT2D eigenvalue weighted by molar-refractivity contribution is 0.244. The largest absolute Gasteiger partial charge is 0.389 e. The second-order valence-corrected chi connectivity index (χ2v) is 3.37. The maximum atomic E-state index is 8.91. The molecule has 0 aliphatic rings. The van der Waals surface area contributed by atoms with Crippen molar-refractivity contribution in [2.24, 2.45) is 0 Å². The van der Waals surface area contributed by atoms with Gasteiger partial charge in [-0.05, 0) is 19.8 Å². The molecule has 0 amide bonds. The van der Waals surface area contributed by atoms with Gasteiger partial charge >= 0.3 is 0 Å². The van der Waals surface area contributed by atoms with Crippen molar-refractivity contribution < 1.29 is 5.11 Å². The minimum atomic E-state index is -0.277. The van der Waals surface area contributed by atoms with Crippen LogP contribution in [0.2, 0.25) is 0 Å². The predicted molar refractivity (Wildman–Crippen MR) is 54.2 cm³/mol. The molecule has 1 heteroatoms. The van der Waals surface area contributed by atoms with Crippen LogP contribution in [-0.4, -0.2) is 11.2 Å². The second kappa shape index (κ2) is 8.79. The van der Waals surface area contributed by atoms with Crippen LogP contribution in [0.5, 0.6) is 0 Å². The van der Waals surface area contributed by atoms with Gasteiger partial charge in [0.25, 0.3) is 0 Å². The minimum Gasteiger partial charge on any atom is -0.389 e. The Labute approximate surface area is 76.5 Å². The first-order valence-electron chi connectivity index (χ1n) is 5.12. The quantitative estimate of drug-likeness (QED) is 0.459. The van der Waals surface area contributed by atoms with Gasteiger partial charge in [-0.1, -0.05) is 44.8 Å². The lowest BCUT2D eigenvalue weighted by Crippen LogP contribution is -1.91. The molecule has 0 aromatic rings. The summed E-state index contributed by atoms with van der Waals surface area (Å²) in [5.74, 6) is 0. The maximum absolute atomic E-state index is 8.91. The maximum Gasteiger partial charge on any atom is 0.0692 e. The summed E-state index contributed by atoms with van der Waals surface area (Å²) in [7, 11) is 0. The van der Waals surface area contributed by atoms with E-state index in [4.69, 9.17) is 5.11 Å². The fourth-order valence-electron chi connectivity index (χ4n) is 1.16. The number of allylic oxidation sites excluding steroid dienone is 1. The normalized spacial score (nSPS) is 13.9. The number of hydrogen-bond acceptors (Lipinski definition) is 1. The van der Waals surface area contributed by atoms with Crippen LogP contribution in [0.4, 0.5) is 0 Å². The van der Waals surface area contributed by atoms with Gasteiger partial charge in [-0.3, -0.25) is 0 Å². The van der Waals surface area contributed by atoms with E-state index in [-0.39, 0.29) is 6.10 Å². The summed E-state index contributed by atoms with van der Waals surface area (Å²) < 4.78 is 0. The molecule has 0 spiro atoms. The van der Waals surface area contributed by atoms with Gasteiger partial charge in [0, 0.05) is 0 Å². The molecule has 0 rings (SSSR count). The molecule has 1 unspecified atom stereocenters. The van der Waals surface area contributed by atoms with E-state index in [0.717, 1.165) is 6.42 Å². The highest BCUT2D eigenvalue weighted by molar-refractivity contribution is 4.85. The average Bonchev–Trinajstić information content (AvgIpc) is 2.02. The van der Waals surface area contributed by atoms with Gasteiger partial charge in [0.2, 0.25) is 0 Å². The lowest BCUT2D eigenvalue weighted by Gasteiger charge is -1.96. The summed E-state index contributed by atoms with van der Waals surface area (Å²) in [5, 5.41) is 8.91. The van der Waals surface area contributed by atoms with Crippen molar-refractivity contribution in [1.29, 1.82) is 0 Å². The van der Waals surface area contributed by atoms with Crippen molar-refractivity contribution in [1.82, 2.24) is 0 Å². The first-order valence-corrected chi connectivity index (χ1v) is 5.12. The lowest BCUT2D eigenvalue weighted by atomic mass is 10.1. The molecule has 0 bridgehead atoms. The highest BCUT2D eigenvalue weighted by Crippen LogP contribution is 2.05. The third-order valence-electron chi connectivity index (χ3n) is 1.89. The highest BCUT2D eigenvalue weighted by Gasteiger charge is 1.87. The van der Waals surface area contributed by atoms with E-state index in [1.807, 2.05) is 6.08 Å². The highest BCUT2D eigenvalue weighted by atomic mass is 16.3. The molecule has 0 aliphatic heterocycles. The van der Waals surface area contributed by atoms with Crippen LogP contribution in [0.3, 0.4) is 0 Å². The Bertz CT molecular complexity index is 106. The Morgan fingerprint density at radius 2 is 1.83 bits per heavy atom. The van der Waals surface area contributed by atoms with Gasteiger partial charge in [0.15, 0.2) is 0 Å². The molecule has 1 N–H and O–H groups in total. The summed E-state index contributed by atoms with van der Waals surface area (Å²) in [6.45, 7) is 4.01. The standard InChI is InChI=1S/C11H22O/c1-3-4-5-6-7-8-9-10-11(2)12/h9-12H,3-8H2,1-2H3/b10-9-. The predicted octanol–water partition coefficient (Wildman–Crippen LogP) is 3.28. The van der Waals surface area contributed by atoms with Crippen LogP contribution in [0.1, 0.15) is 52.4 Å². The summed E-state index contributed by atoms with van der Waals surface area (Å²) in [6, 6.07) is 0. The van der Waals surface area contributed by atoms with Crippen LogP contribution in [-0.2, 0) is 0 Å². The second-order valence-electron chi connectivity index (χ2n) is 3.37. The zero-order chi connectivity index (χ0) is 9.23. The molecule has 12 heavy (non-hydrogen) atoms. The van der Waals surface area contributed by atoms with Gasteiger partial charge in [-0.2, -0.15) is 0 Å². The van der Waals surface area contributed by atoms with E-state index in [0.29, 0.717) is 0 Å². The molecule has 1 atom stereocenters. The molecular weight excluding hydrogens is 148 g/mol. The smallest absolute Gasteiger partial charge is 0.0692 e. The molecule has 0 fully saturated rings. The van der Waals surface area contributed by atoms with Crippen LogP contribution < -0.4 is 0 Å². The molecule has 0 heterocycles. The third-order valence-corrected chi connectivity index (χ3v) is 1.89. The van der Waals surface area contributed by atoms with E-state index in [9.17, 15) is 0 Å². The Hall–Kier alpha value is -0.300. The number of aliphatic hydroxyl groups excluding tert-OH is 1. The summed E-state index contributed by atoms with van der Waals surface area (Å²) in [6.07, 6.45) is 11.4. The molecule has 0 radical (unpaired) electrons. The van der Waals surface area contributed by atoms with Crippen LogP contribution >= 0.6 is 0 Å². The monoisotopic (exact) mass is 170 g/mol. The topological polar surface area (TPSA) is 20.2 Å². The number of hydrogen-bond donors (Lipinski definition) is 1. The van der Waals surface area contributed by atoms with E-state index in [2.05, 4.69) is 13.0 Å². The Balaban J connectivity index is 3.00. The fraction of sp³-hybridized carbons (Fsp3) is 0.818. The van der Waals surface area contributed by atoms with Crippen molar-refractivity contribution in [3.05, 3.63) is 12.2 Å². The van der Waals surface area contributed by atoms with Crippen LogP contribution in [0.25, 0.3) is 0 Å². The summed E-state index contributed by atoms with van der Waals surface area (Å²) in [5.41, 5.74) is 0. The molecule has 1 nitrogen and oxygen atoms in total. The molecule has 0 aliphatic carbocycles. The molecule has 0 saturated heterocycles. The zero-order valence-electron chi connectivity index (χ0n) is 8.42. The Kier molecular flexibility index (Phi) is 8.57. The van der Waals surface area contributed by atoms with Crippen LogP contribution in [0.15, 0.2) is 12.2 Å². The first kappa shape index (κ1) is 11.7. The van der Waals surface area contributed by atoms with Gasteiger partial charge in [0.1, 0.15) is 0 Å². The number of rotatable bonds is 7. The first-order chi connectivity index (χ1) is 5.77. The van der Waals surface area contributed by atoms with Gasteiger partial charge in [0.05, 0.1) is 6.10 Å². The third kappa shape index (κ3) is 9.70. The van der Waals surface area contributed by atoms with Crippen molar-refractivity contribution in [2.75, 3.05) is 0 Å². The Morgan fingerprint density at radius 3 is 2.42 bits per heavy atom. The van der Waals surface area contributed by atoms with Gasteiger partial charge in [-0.15, -0.1) is 0 Å². The molecule has 0 saturated carbocycles. The van der Waals surface area contributed by atoms with Crippen molar-refractivity contribution in [3.8, 4) is 0 Å². The Morgan fingerprint density at radius 1 is 1.17 bits per heavy atom. The average molecular weight is 170 g/mol. The van der Waals surface area contributed by atoms with Crippen molar-refractivity contribution in [2.45, 2.75) is 58.5 Å².